The van der Waals surface area contributed by atoms with E-state index >= 15 is 0 Å². The Labute approximate surface area is 110 Å². The zero-order valence-electron chi connectivity index (χ0n) is 8.58. The Hall–Kier alpha value is -0.820. The fraction of sp³-hybridized carbons (Fsp3) is 0.0909. The largest absolute Gasteiger partial charge is 0.271 e. The van der Waals surface area contributed by atoms with Gasteiger partial charge in [-0.25, -0.2) is 14.2 Å². The highest BCUT2D eigenvalue weighted by atomic mass is 79.9. The van der Waals surface area contributed by atoms with Crippen LogP contribution in [-0.2, 0) is 0 Å². The Morgan fingerprint density at radius 2 is 2.00 bits per heavy atom. The summed E-state index contributed by atoms with van der Waals surface area (Å²) in [5, 5.41) is 0. The number of nitrogens with two attached hydrogens (primary N) is 1. The molecule has 17 heavy (non-hydrogen) atoms. The average molecular weight is 319 g/mol. The van der Waals surface area contributed by atoms with Gasteiger partial charge in [0, 0.05) is 10.4 Å². The summed E-state index contributed by atoms with van der Waals surface area (Å²) in [7, 11) is 0. The van der Waals surface area contributed by atoms with Crippen molar-refractivity contribution in [2.45, 2.75) is 6.04 Å². The van der Waals surface area contributed by atoms with E-state index in [-0.39, 0.29) is 5.56 Å². The van der Waals surface area contributed by atoms with E-state index in [9.17, 15) is 8.78 Å². The predicted molar refractivity (Wildman–Crippen MR) is 67.5 cm³/mol. The molecular weight excluding hydrogens is 310 g/mol. The summed E-state index contributed by atoms with van der Waals surface area (Å²) in [5.74, 6) is 4.44. The topological polar surface area (TPSA) is 38.0 Å². The lowest BCUT2D eigenvalue weighted by atomic mass is 10.1. The summed E-state index contributed by atoms with van der Waals surface area (Å²) < 4.78 is 27.7. The fourth-order valence-corrected chi connectivity index (χ4v) is 3.05. The maximum atomic E-state index is 13.6. The molecule has 1 atom stereocenters. The van der Waals surface area contributed by atoms with E-state index < -0.39 is 17.7 Å². The van der Waals surface area contributed by atoms with Crippen LogP contribution in [0.5, 0.6) is 0 Å². The molecule has 0 amide bonds. The minimum absolute atomic E-state index is 0.196. The van der Waals surface area contributed by atoms with Crippen molar-refractivity contribution >= 4 is 27.3 Å². The Morgan fingerprint density at radius 3 is 2.59 bits per heavy atom. The highest BCUT2D eigenvalue weighted by Gasteiger charge is 2.18. The van der Waals surface area contributed by atoms with Crippen molar-refractivity contribution in [1.82, 2.24) is 5.43 Å². The molecule has 0 aliphatic heterocycles. The summed E-state index contributed by atoms with van der Waals surface area (Å²) in [6.45, 7) is 0. The molecule has 1 aromatic carbocycles. The lowest BCUT2D eigenvalue weighted by molar-refractivity contribution is 0.549. The van der Waals surface area contributed by atoms with Crippen LogP contribution < -0.4 is 11.3 Å². The van der Waals surface area contributed by atoms with Gasteiger partial charge in [0.1, 0.15) is 11.6 Å². The van der Waals surface area contributed by atoms with Crippen molar-refractivity contribution in [2.24, 2.45) is 5.84 Å². The molecule has 90 valence electrons. The van der Waals surface area contributed by atoms with E-state index in [0.717, 1.165) is 26.9 Å². The molecular formula is C11H9BrF2N2S. The molecule has 6 heteroatoms. The van der Waals surface area contributed by atoms with Gasteiger partial charge in [-0.3, -0.25) is 5.84 Å². The molecule has 2 nitrogen and oxygen atoms in total. The summed E-state index contributed by atoms with van der Waals surface area (Å²) >= 11 is 4.73. The maximum absolute atomic E-state index is 13.6. The monoisotopic (exact) mass is 318 g/mol. The fourth-order valence-electron chi connectivity index (χ4n) is 1.54. The Balaban J connectivity index is 2.45. The van der Waals surface area contributed by atoms with Gasteiger partial charge in [0.05, 0.1) is 9.83 Å². The van der Waals surface area contributed by atoms with Gasteiger partial charge in [0.15, 0.2) is 0 Å². The van der Waals surface area contributed by atoms with E-state index in [1.165, 1.54) is 11.3 Å². The minimum Gasteiger partial charge on any atom is -0.271 e. The van der Waals surface area contributed by atoms with E-state index in [1.807, 2.05) is 12.1 Å². The van der Waals surface area contributed by atoms with Crippen LogP contribution in [0.15, 0.2) is 34.1 Å². The second-order valence-electron chi connectivity index (χ2n) is 3.41. The Bertz CT molecular complexity index is 530. The lowest BCUT2D eigenvalue weighted by Gasteiger charge is -2.15. The number of nitrogens with one attached hydrogen (secondary N) is 1. The first-order valence-corrected chi connectivity index (χ1v) is 6.39. The molecule has 0 fully saturated rings. The van der Waals surface area contributed by atoms with Crippen molar-refractivity contribution in [2.75, 3.05) is 0 Å². The molecule has 0 spiro atoms. The summed E-state index contributed by atoms with van der Waals surface area (Å²) in [5.41, 5.74) is 2.70. The summed E-state index contributed by atoms with van der Waals surface area (Å²) in [4.78, 5) is 0.809. The molecule has 0 saturated heterocycles. The third kappa shape index (κ3) is 2.71. The van der Waals surface area contributed by atoms with Gasteiger partial charge in [-0.1, -0.05) is 0 Å². The highest BCUT2D eigenvalue weighted by Crippen LogP contribution is 2.32. The van der Waals surface area contributed by atoms with Crippen molar-refractivity contribution in [3.63, 3.8) is 0 Å². The van der Waals surface area contributed by atoms with Gasteiger partial charge >= 0.3 is 0 Å². The van der Waals surface area contributed by atoms with Gasteiger partial charge in [0.25, 0.3) is 0 Å². The zero-order chi connectivity index (χ0) is 12.4. The molecule has 0 radical (unpaired) electrons. The lowest BCUT2D eigenvalue weighted by Crippen LogP contribution is -2.29. The summed E-state index contributed by atoms with van der Waals surface area (Å²) in [6.07, 6.45) is 0. The predicted octanol–water partition coefficient (Wildman–Crippen LogP) is 3.34. The summed E-state index contributed by atoms with van der Waals surface area (Å²) in [6, 6.07) is 6.41. The second kappa shape index (κ2) is 5.22. The second-order valence-corrected chi connectivity index (χ2v) is 5.90. The number of rotatable bonds is 3. The van der Waals surface area contributed by atoms with Gasteiger partial charge in [0.2, 0.25) is 0 Å². The smallest absolute Gasteiger partial charge is 0.128 e. The van der Waals surface area contributed by atoms with Crippen molar-refractivity contribution in [3.8, 4) is 0 Å². The molecule has 3 N–H and O–H groups in total. The molecule has 0 saturated carbocycles. The van der Waals surface area contributed by atoms with E-state index in [0.29, 0.717) is 0 Å². The molecule has 0 bridgehead atoms. The molecule has 2 aromatic rings. The molecule has 2 rings (SSSR count). The zero-order valence-corrected chi connectivity index (χ0v) is 11.0. The van der Waals surface area contributed by atoms with Crippen LogP contribution in [-0.4, -0.2) is 0 Å². The van der Waals surface area contributed by atoms with Crippen LogP contribution in [0.4, 0.5) is 8.78 Å². The highest BCUT2D eigenvalue weighted by molar-refractivity contribution is 9.11. The molecule has 1 unspecified atom stereocenters. The number of benzene rings is 1. The molecule has 0 aliphatic carbocycles. The standard InChI is InChI=1S/C11H9BrF2N2S/c12-10-4-3-9(17-10)11(16-15)7-5-6(13)1-2-8(7)14/h1-5,11,16H,15H2. The van der Waals surface area contributed by atoms with Crippen LogP contribution in [0, 0.1) is 11.6 Å². The quantitative estimate of drug-likeness (QED) is 0.673. The average Bonchev–Trinajstić information content (AvgIpc) is 2.71. The van der Waals surface area contributed by atoms with Crippen molar-refractivity contribution in [3.05, 3.63) is 56.2 Å². The van der Waals surface area contributed by atoms with Crippen LogP contribution in [0.25, 0.3) is 0 Å². The van der Waals surface area contributed by atoms with Gasteiger partial charge in [-0.15, -0.1) is 11.3 Å². The van der Waals surface area contributed by atoms with Crippen molar-refractivity contribution < 1.29 is 8.78 Å². The Morgan fingerprint density at radius 1 is 1.24 bits per heavy atom. The van der Waals surface area contributed by atoms with Gasteiger partial charge in [-0.2, -0.15) is 0 Å². The minimum atomic E-state index is -0.554. The van der Waals surface area contributed by atoms with Crippen LogP contribution in [0.2, 0.25) is 0 Å². The van der Waals surface area contributed by atoms with E-state index in [2.05, 4.69) is 21.4 Å². The van der Waals surface area contributed by atoms with Crippen molar-refractivity contribution in [1.29, 1.82) is 0 Å². The van der Waals surface area contributed by atoms with Crippen LogP contribution in [0.3, 0.4) is 0 Å². The van der Waals surface area contributed by atoms with Gasteiger partial charge < -0.3 is 0 Å². The number of hydrogen-bond acceptors (Lipinski definition) is 3. The number of hydrazine groups is 1. The SMILES string of the molecule is NNC(c1ccc(Br)s1)c1cc(F)ccc1F. The van der Waals surface area contributed by atoms with Crippen LogP contribution >= 0.6 is 27.3 Å². The molecule has 1 aromatic heterocycles. The third-order valence-corrected chi connectivity index (χ3v) is 4.00. The molecule has 0 aliphatic rings. The number of thiophene rings is 1. The normalized spacial score (nSPS) is 12.7. The number of halogens is 3. The molecule has 1 heterocycles. The third-order valence-electron chi connectivity index (χ3n) is 2.31. The Kier molecular flexibility index (Phi) is 3.88. The maximum Gasteiger partial charge on any atom is 0.128 e. The first kappa shape index (κ1) is 12.6. The number of hydrogen-bond donors (Lipinski definition) is 2. The van der Waals surface area contributed by atoms with E-state index in [1.54, 1.807) is 0 Å². The first-order chi connectivity index (χ1) is 8.11. The first-order valence-electron chi connectivity index (χ1n) is 4.78. The van der Waals surface area contributed by atoms with E-state index in [4.69, 9.17) is 5.84 Å². The van der Waals surface area contributed by atoms with Crippen LogP contribution in [0.1, 0.15) is 16.5 Å². The van der Waals surface area contributed by atoms with Gasteiger partial charge in [-0.05, 0) is 46.3 Å².